The molecule has 1 amide bonds. The van der Waals surface area contributed by atoms with Crippen molar-refractivity contribution in [2.45, 2.75) is 0 Å². The number of ether oxygens (including phenoxy) is 1. The van der Waals surface area contributed by atoms with Gasteiger partial charge in [-0.1, -0.05) is 6.07 Å². The topological polar surface area (TPSA) is 105 Å². The lowest BCUT2D eigenvalue weighted by Crippen LogP contribution is -2.53. The van der Waals surface area contributed by atoms with Crippen LogP contribution in [-0.2, 0) is 14.9 Å². The molecule has 0 unspecified atom stereocenters. The molecule has 1 aliphatic heterocycles. The van der Waals surface area contributed by atoms with Crippen LogP contribution in [0.3, 0.4) is 0 Å². The van der Waals surface area contributed by atoms with Gasteiger partial charge in [0.1, 0.15) is 0 Å². The van der Waals surface area contributed by atoms with Gasteiger partial charge in [-0.15, -0.1) is 0 Å². The van der Waals surface area contributed by atoms with Gasteiger partial charge < -0.3 is 15.4 Å². The maximum absolute atomic E-state index is 11.9. The van der Waals surface area contributed by atoms with Crippen LogP contribution in [0.2, 0.25) is 0 Å². The molecule has 0 saturated carbocycles. The van der Waals surface area contributed by atoms with Crippen LogP contribution in [0, 0.1) is 0 Å². The van der Waals surface area contributed by atoms with Crippen LogP contribution in [0.4, 0.5) is 16.2 Å². The maximum Gasteiger partial charge on any atom is 0.421 e. The van der Waals surface area contributed by atoms with Crippen molar-refractivity contribution in [3.05, 3.63) is 24.3 Å². The molecule has 0 aromatic heterocycles. The Balaban J connectivity index is 1.98. The molecule has 0 bridgehead atoms. The fourth-order valence-corrected chi connectivity index (χ4v) is 3.19. The first-order valence-corrected chi connectivity index (χ1v) is 7.83. The van der Waals surface area contributed by atoms with Crippen LogP contribution in [0.5, 0.6) is 0 Å². The number of nitrogens with one attached hydrogen (secondary N) is 1. The van der Waals surface area contributed by atoms with Crippen LogP contribution < -0.4 is 15.4 Å². The number of carbonyl (C=O) groups excluding carboxylic acids is 1. The van der Waals surface area contributed by atoms with Gasteiger partial charge in [-0.25, -0.2) is 9.52 Å². The molecule has 1 heterocycles. The molecule has 1 aromatic rings. The van der Waals surface area contributed by atoms with Gasteiger partial charge in [-0.3, -0.25) is 0 Å². The molecule has 1 fully saturated rings. The number of methoxy groups -OCH3 is 1. The van der Waals surface area contributed by atoms with Crippen LogP contribution >= 0.6 is 0 Å². The zero-order valence-electron chi connectivity index (χ0n) is 11.7. The lowest BCUT2D eigenvalue weighted by Gasteiger charge is -2.35. The van der Waals surface area contributed by atoms with Gasteiger partial charge in [0.05, 0.1) is 7.11 Å². The number of amides is 1. The second kappa shape index (κ2) is 6.19. The Bertz CT molecular complexity index is 611. The molecule has 1 aliphatic rings. The van der Waals surface area contributed by atoms with E-state index in [-0.39, 0.29) is 13.1 Å². The number of benzene rings is 1. The molecule has 0 aliphatic carbocycles. The quantitative estimate of drug-likeness (QED) is 0.760. The largest absolute Gasteiger partial charge is 0.452 e. The number of nitrogens with zero attached hydrogens (tertiary/aromatic N) is 2. The number of anilines is 2. The lowest BCUT2D eigenvalue weighted by atomic mass is 10.2. The fraction of sp³-hybridized carbons (Fsp3) is 0.417. The first-order chi connectivity index (χ1) is 9.92. The van der Waals surface area contributed by atoms with Crippen molar-refractivity contribution in [2.75, 3.05) is 43.9 Å². The van der Waals surface area contributed by atoms with E-state index in [0.717, 1.165) is 12.8 Å². The van der Waals surface area contributed by atoms with E-state index in [4.69, 9.17) is 5.73 Å². The highest BCUT2D eigenvalue weighted by molar-refractivity contribution is 7.87. The molecule has 21 heavy (non-hydrogen) atoms. The van der Waals surface area contributed by atoms with E-state index < -0.39 is 16.3 Å². The predicted molar refractivity (Wildman–Crippen MR) is 79.1 cm³/mol. The van der Waals surface area contributed by atoms with Crippen molar-refractivity contribution in [1.82, 2.24) is 9.03 Å². The first kappa shape index (κ1) is 15.4. The highest BCUT2D eigenvalue weighted by atomic mass is 32.2. The molecule has 8 nitrogen and oxygen atoms in total. The Morgan fingerprint density at radius 3 is 2.52 bits per heavy atom. The van der Waals surface area contributed by atoms with Crippen molar-refractivity contribution >= 4 is 27.7 Å². The van der Waals surface area contributed by atoms with E-state index in [2.05, 4.69) is 4.74 Å². The minimum absolute atomic E-state index is 0.279. The number of hydrogen-bond donors (Lipinski definition) is 2. The third-order valence-electron chi connectivity index (χ3n) is 3.21. The Morgan fingerprint density at radius 2 is 1.95 bits per heavy atom. The van der Waals surface area contributed by atoms with E-state index in [0.29, 0.717) is 18.8 Å². The monoisotopic (exact) mass is 314 g/mol. The van der Waals surface area contributed by atoms with E-state index in [1.807, 2.05) is 27.8 Å². The molecule has 0 radical (unpaired) electrons. The summed E-state index contributed by atoms with van der Waals surface area (Å²) in [5.74, 6) is 0. The Labute approximate surface area is 123 Å². The molecule has 0 atom stereocenters. The summed E-state index contributed by atoms with van der Waals surface area (Å²) in [6.45, 7) is 1.60. The Kier molecular flexibility index (Phi) is 4.53. The summed E-state index contributed by atoms with van der Waals surface area (Å²) in [6.07, 6.45) is -0.992. The van der Waals surface area contributed by atoms with Gasteiger partial charge in [-0.2, -0.15) is 12.7 Å². The summed E-state index contributed by atoms with van der Waals surface area (Å²) in [7, 11) is -2.74. The number of hydrogen-bond acceptors (Lipinski definition) is 6. The van der Waals surface area contributed by atoms with Gasteiger partial charge in [-0.05, 0) is 18.2 Å². The third kappa shape index (κ3) is 3.76. The van der Waals surface area contributed by atoms with E-state index in [1.165, 1.54) is 4.31 Å². The molecule has 1 saturated heterocycles. The average Bonchev–Trinajstić information content (AvgIpc) is 2.47. The van der Waals surface area contributed by atoms with Crippen molar-refractivity contribution in [3.8, 4) is 0 Å². The summed E-state index contributed by atoms with van der Waals surface area (Å²) in [5, 5.41) is 0. The van der Waals surface area contributed by atoms with Crippen LogP contribution in [0.25, 0.3) is 0 Å². The fourth-order valence-electron chi connectivity index (χ4n) is 2.12. The molecule has 2 rings (SSSR count). The van der Waals surface area contributed by atoms with Crippen molar-refractivity contribution in [2.24, 2.45) is 0 Å². The third-order valence-corrected chi connectivity index (χ3v) is 4.68. The zero-order valence-corrected chi connectivity index (χ0v) is 12.5. The van der Waals surface area contributed by atoms with Crippen molar-refractivity contribution < 1.29 is 17.9 Å². The van der Waals surface area contributed by atoms with Crippen molar-refractivity contribution in [1.29, 1.82) is 0 Å². The smallest absolute Gasteiger partial charge is 0.421 e. The summed E-state index contributed by atoms with van der Waals surface area (Å²) in [6, 6.07) is 7.42. The second-order valence-electron chi connectivity index (χ2n) is 4.58. The summed E-state index contributed by atoms with van der Waals surface area (Å²) >= 11 is 0. The molecule has 1 aromatic carbocycles. The normalized spacial score (nSPS) is 16.5. The summed E-state index contributed by atoms with van der Waals surface area (Å²) < 4.78 is 31.2. The molecule has 9 heteroatoms. The van der Waals surface area contributed by atoms with Gasteiger partial charge in [0.25, 0.3) is 0 Å². The lowest BCUT2D eigenvalue weighted by molar-refractivity contribution is 0.177. The standard InChI is InChI=1S/C12H18N4O4S/c1-20-12(17)14-21(18,19)16-7-5-15(6-8-16)11-4-2-3-10(13)9-11/h2-4,9H,5-8,13H2,1H3,(H,14,17). The van der Waals surface area contributed by atoms with Crippen LogP contribution in [0.15, 0.2) is 24.3 Å². The van der Waals surface area contributed by atoms with Gasteiger partial charge in [0.15, 0.2) is 0 Å². The average molecular weight is 314 g/mol. The molecule has 116 valence electrons. The first-order valence-electron chi connectivity index (χ1n) is 6.39. The maximum atomic E-state index is 11.9. The number of carbonyl (C=O) groups is 1. The molecular formula is C12H18N4O4S. The Morgan fingerprint density at radius 1 is 1.29 bits per heavy atom. The number of rotatable bonds is 3. The van der Waals surface area contributed by atoms with E-state index in [9.17, 15) is 13.2 Å². The van der Waals surface area contributed by atoms with Gasteiger partial charge in [0, 0.05) is 37.6 Å². The predicted octanol–water partition coefficient (Wildman–Crippen LogP) is -0.00840. The van der Waals surface area contributed by atoms with Gasteiger partial charge >= 0.3 is 16.3 Å². The number of nitrogen functional groups attached to an aromatic ring is 1. The minimum Gasteiger partial charge on any atom is -0.452 e. The second-order valence-corrected chi connectivity index (χ2v) is 6.25. The highest BCUT2D eigenvalue weighted by Crippen LogP contribution is 2.19. The van der Waals surface area contributed by atoms with Crippen molar-refractivity contribution in [3.63, 3.8) is 0 Å². The SMILES string of the molecule is COC(=O)NS(=O)(=O)N1CCN(c2cccc(N)c2)CC1. The number of nitrogens with two attached hydrogens (primary N) is 1. The summed E-state index contributed by atoms with van der Waals surface area (Å²) in [4.78, 5) is 13.1. The van der Waals surface area contributed by atoms with E-state index >= 15 is 0 Å². The summed E-state index contributed by atoms with van der Waals surface area (Å²) in [5.41, 5.74) is 7.35. The minimum atomic E-state index is -3.85. The van der Waals surface area contributed by atoms with E-state index in [1.54, 1.807) is 6.07 Å². The molecule has 3 N–H and O–H groups in total. The molecule has 0 spiro atoms. The zero-order chi connectivity index (χ0) is 15.5. The van der Waals surface area contributed by atoms with Crippen LogP contribution in [-0.4, -0.2) is 52.1 Å². The molecular weight excluding hydrogens is 296 g/mol. The Hall–Kier alpha value is -2.00. The van der Waals surface area contributed by atoms with Crippen LogP contribution in [0.1, 0.15) is 0 Å². The highest BCUT2D eigenvalue weighted by Gasteiger charge is 2.28. The van der Waals surface area contributed by atoms with Gasteiger partial charge in [0.2, 0.25) is 0 Å². The number of piperazine rings is 1.